The zero-order valence-corrected chi connectivity index (χ0v) is 11.3. The SMILES string of the molecule is CC(C)(C)NC(=O)CN1CCCC(N)C1.Cl. The summed E-state index contributed by atoms with van der Waals surface area (Å²) in [6.45, 7) is 8.29. The van der Waals surface area contributed by atoms with Crippen molar-refractivity contribution < 1.29 is 4.79 Å². The maximum Gasteiger partial charge on any atom is 0.234 e. The van der Waals surface area contributed by atoms with E-state index in [0.717, 1.165) is 25.9 Å². The minimum atomic E-state index is -0.144. The summed E-state index contributed by atoms with van der Waals surface area (Å²) in [6.07, 6.45) is 2.18. The third kappa shape index (κ3) is 6.30. The number of carbonyl (C=O) groups is 1. The van der Waals surface area contributed by atoms with Crippen LogP contribution in [0.2, 0.25) is 0 Å². The molecule has 1 fully saturated rings. The molecule has 1 aliphatic heterocycles. The summed E-state index contributed by atoms with van der Waals surface area (Å²) in [5.41, 5.74) is 5.71. The number of likely N-dealkylation sites (tertiary alicyclic amines) is 1. The second-order valence-electron chi connectivity index (χ2n) is 5.44. The van der Waals surface area contributed by atoms with E-state index in [1.54, 1.807) is 0 Å². The fourth-order valence-corrected chi connectivity index (χ4v) is 1.90. The number of nitrogens with two attached hydrogens (primary N) is 1. The molecule has 4 nitrogen and oxygen atoms in total. The normalized spacial score (nSPS) is 22.4. The van der Waals surface area contributed by atoms with Crippen LogP contribution in [0.5, 0.6) is 0 Å². The fraction of sp³-hybridized carbons (Fsp3) is 0.909. The molecule has 0 saturated carbocycles. The maximum absolute atomic E-state index is 11.6. The molecule has 0 aromatic heterocycles. The molecule has 1 atom stereocenters. The second-order valence-corrected chi connectivity index (χ2v) is 5.44. The van der Waals surface area contributed by atoms with Gasteiger partial charge in [-0.25, -0.2) is 0 Å². The first-order valence-corrected chi connectivity index (χ1v) is 5.66. The summed E-state index contributed by atoms with van der Waals surface area (Å²) in [7, 11) is 0. The molecule has 3 N–H and O–H groups in total. The van der Waals surface area contributed by atoms with E-state index in [1.165, 1.54) is 0 Å². The molecule has 0 radical (unpaired) electrons. The highest BCUT2D eigenvalue weighted by molar-refractivity contribution is 5.85. The molecule has 0 bridgehead atoms. The molecule has 1 unspecified atom stereocenters. The smallest absolute Gasteiger partial charge is 0.234 e. The van der Waals surface area contributed by atoms with Gasteiger partial charge in [-0.3, -0.25) is 9.69 Å². The monoisotopic (exact) mass is 249 g/mol. The molecule has 5 heteroatoms. The first-order chi connectivity index (χ1) is 6.87. The number of rotatable bonds is 2. The van der Waals surface area contributed by atoms with Gasteiger partial charge in [-0.1, -0.05) is 0 Å². The Morgan fingerprint density at radius 2 is 2.12 bits per heavy atom. The van der Waals surface area contributed by atoms with Gasteiger partial charge in [-0.15, -0.1) is 12.4 Å². The molecule has 1 rings (SSSR count). The van der Waals surface area contributed by atoms with E-state index in [4.69, 9.17) is 5.73 Å². The first-order valence-electron chi connectivity index (χ1n) is 5.66. The largest absolute Gasteiger partial charge is 0.350 e. The topological polar surface area (TPSA) is 58.4 Å². The van der Waals surface area contributed by atoms with E-state index >= 15 is 0 Å². The Kier molecular flexibility index (Phi) is 6.30. The average Bonchev–Trinajstić information content (AvgIpc) is 1.99. The molecule has 16 heavy (non-hydrogen) atoms. The molecule has 1 aliphatic rings. The van der Waals surface area contributed by atoms with Gasteiger partial charge in [0.1, 0.15) is 0 Å². The van der Waals surface area contributed by atoms with Crippen molar-refractivity contribution >= 4 is 18.3 Å². The highest BCUT2D eigenvalue weighted by Crippen LogP contribution is 2.07. The van der Waals surface area contributed by atoms with Gasteiger partial charge >= 0.3 is 0 Å². The zero-order chi connectivity index (χ0) is 11.5. The lowest BCUT2D eigenvalue weighted by atomic mass is 10.1. The minimum absolute atomic E-state index is 0. The summed E-state index contributed by atoms with van der Waals surface area (Å²) >= 11 is 0. The lowest BCUT2D eigenvalue weighted by Gasteiger charge is -2.31. The van der Waals surface area contributed by atoms with Gasteiger partial charge in [-0.05, 0) is 40.2 Å². The predicted molar refractivity (Wildman–Crippen MR) is 68.8 cm³/mol. The quantitative estimate of drug-likeness (QED) is 0.759. The van der Waals surface area contributed by atoms with Crippen LogP contribution in [0.25, 0.3) is 0 Å². The molecule has 1 heterocycles. The highest BCUT2D eigenvalue weighted by Gasteiger charge is 2.20. The van der Waals surface area contributed by atoms with Crippen molar-refractivity contribution in [2.24, 2.45) is 5.73 Å². The number of nitrogens with one attached hydrogen (secondary N) is 1. The molecular weight excluding hydrogens is 226 g/mol. The van der Waals surface area contributed by atoms with Crippen molar-refractivity contribution in [3.8, 4) is 0 Å². The number of hydrogen-bond donors (Lipinski definition) is 2. The van der Waals surface area contributed by atoms with Crippen LogP contribution in [0, 0.1) is 0 Å². The molecule has 1 saturated heterocycles. The van der Waals surface area contributed by atoms with E-state index < -0.39 is 0 Å². The third-order valence-corrected chi connectivity index (χ3v) is 2.42. The van der Waals surface area contributed by atoms with Gasteiger partial charge in [-0.2, -0.15) is 0 Å². The molecule has 96 valence electrons. The molecule has 0 aromatic carbocycles. The standard InChI is InChI=1S/C11H23N3O.ClH/c1-11(2,3)13-10(15)8-14-6-4-5-9(12)7-14;/h9H,4-8,12H2,1-3H3,(H,13,15);1H. The third-order valence-electron chi connectivity index (χ3n) is 2.42. The number of amides is 1. The Morgan fingerprint density at radius 1 is 1.50 bits per heavy atom. The van der Waals surface area contributed by atoms with Crippen LogP contribution in [0.3, 0.4) is 0 Å². The van der Waals surface area contributed by atoms with Crippen LogP contribution in [0.15, 0.2) is 0 Å². The molecular formula is C11H24ClN3O. The molecule has 0 spiro atoms. The Labute approximate surface area is 104 Å². The van der Waals surface area contributed by atoms with Gasteiger partial charge in [0.2, 0.25) is 5.91 Å². The van der Waals surface area contributed by atoms with E-state index in [9.17, 15) is 4.79 Å². The number of carbonyl (C=O) groups excluding carboxylic acids is 1. The zero-order valence-electron chi connectivity index (χ0n) is 10.5. The van der Waals surface area contributed by atoms with E-state index in [1.807, 2.05) is 20.8 Å². The lowest BCUT2D eigenvalue weighted by Crippen LogP contribution is -2.50. The minimum Gasteiger partial charge on any atom is -0.350 e. The number of nitrogens with zero attached hydrogens (tertiary/aromatic N) is 1. The van der Waals surface area contributed by atoms with Gasteiger partial charge in [0.25, 0.3) is 0 Å². The lowest BCUT2D eigenvalue weighted by molar-refractivity contribution is -0.123. The number of hydrogen-bond acceptors (Lipinski definition) is 3. The average molecular weight is 250 g/mol. The van der Waals surface area contributed by atoms with Crippen molar-refractivity contribution in [3.63, 3.8) is 0 Å². The number of halogens is 1. The van der Waals surface area contributed by atoms with Crippen molar-refractivity contribution in [1.29, 1.82) is 0 Å². The number of piperidine rings is 1. The van der Waals surface area contributed by atoms with E-state index in [0.29, 0.717) is 6.54 Å². The Bertz CT molecular complexity index is 228. The predicted octanol–water partition coefficient (Wildman–Crippen LogP) is 0.746. The molecule has 0 aromatic rings. The first kappa shape index (κ1) is 15.7. The molecule has 0 aliphatic carbocycles. The van der Waals surface area contributed by atoms with Crippen LogP contribution in [-0.4, -0.2) is 42.0 Å². The van der Waals surface area contributed by atoms with Crippen molar-refractivity contribution in [2.75, 3.05) is 19.6 Å². The van der Waals surface area contributed by atoms with Gasteiger partial charge in [0, 0.05) is 18.1 Å². The van der Waals surface area contributed by atoms with E-state index in [-0.39, 0.29) is 29.9 Å². The van der Waals surface area contributed by atoms with Crippen LogP contribution in [0.4, 0.5) is 0 Å². The second kappa shape index (κ2) is 6.42. The van der Waals surface area contributed by atoms with Crippen molar-refractivity contribution in [3.05, 3.63) is 0 Å². The summed E-state index contributed by atoms with van der Waals surface area (Å²) in [4.78, 5) is 13.8. The van der Waals surface area contributed by atoms with Gasteiger partial charge in [0.05, 0.1) is 6.54 Å². The van der Waals surface area contributed by atoms with Crippen molar-refractivity contribution in [1.82, 2.24) is 10.2 Å². The van der Waals surface area contributed by atoms with Gasteiger partial charge in [0.15, 0.2) is 0 Å². The van der Waals surface area contributed by atoms with E-state index in [2.05, 4.69) is 10.2 Å². The van der Waals surface area contributed by atoms with Crippen LogP contribution < -0.4 is 11.1 Å². The summed E-state index contributed by atoms with van der Waals surface area (Å²) in [5, 5.41) is 2.96. The summed E-state index contributed by atoms with van der Waals surface area (Å²) in [5.74, 6) is 0.0941. The Hall–Kier alpha value is -0.320. The van der Waals surface area contributed by atoms with Crippen LogP contribution in [0.1, 0.15) is 33.6 Å². The van der Waals surface area contributed by atoms with Crippen LogP contribution >= 0.6 is 12.4 Å². The van der Waals surface area contributed by atoms with Crippen molar-refractivity contribution in [2.45, 2.75) is 45.2 Å². The fourth-order valence-electron chi connectivity index (χ4n) is 1.90. The summed E-state index contributed by atoms with van der Waals surface area (Å²) < 4.78 is 0. The summed E-state index contributed by atoms with van der Waals surface area (Å²) in [6, 6.07) is 0.237. The van der Waals surface area contributed by atoms with Gasteiger partial charge < -0.3 is 11.1 Å². The maximum atomic E-state index is 11.6. The molecule has 1 amide bonds. The van der Waals surface area contributed by atoms with Crippen LogP contribution in [-0.2, 0) is 4.79 Å². The Balaban J connectivity index is 0.00000225. The Morgan fingerprint density at radius 3 is 2.62 bits per heavy atom. The highest BCUT2D eigenvalue weighted by atomic mass is 35.5.